The van der Waals surface area contributed by atoms with E-state index in [2.05, 4.69) is 15.6 Å². The van der Waals surface area contributed by atoms with Crippen LogP contribution in [-0.2, 0) is 32.9 Å². The van der Waals surface area contributed by atoms with E-state index in [1.54, 1.807) is 24.3 Å². The maximum atomic E-state index is 14.3. The van der Waals surface area contributed by atoms with E-state index in [9.17, 15) is 14.4 Å². The Labute approximate surface area is 239 Å². The number of para-hydroxylation sites is 1. The number of aryl methyl sites for hydroxylation is 1. The summed E-state index contributed by atoms with van der Waals surface area (Å²) in [6.07, 6.45) is 2.38. The number of amides is 3. The van der Waals surface area contributed by atoms with Gasteiger partial charge in [-0.05, 0) is 60.4 Å². The van der Waals surface area contributed by atoms with Gasteiger partial charge < -0.3 is 19.8 Å². The van der Waals surface area contributed by atoms with Gasteiger partial charge in [0.1, 0.15) is 5.54 Å². The van der Waals surface area contributed by atoms with E-state index in [-0.39, 0.29) is 31.1 Å². The average molecular weight is 569 g/mol. The third kappa shape index (κ3) is 3.36. The van der Waals surface area contributed by atoms with Gasteiger partial charge in [-0.15, -0.1) is 0 Å². The summed E-state index contributed by atoms with van der Waals surface area (Å²) in [5.74, 6) is -1.51. The Morgan fingerprint density at radius 1 is 1.02 bits per heavy atom. The first kappa shape index (κ1) is 24.5. The van der Waals surface area contributed by atoms with Crippen molar-refractivity contribution in [3.8, 4) is 11.5 Å². The molecule has 5 heterocycles. The number of benzene rings is 3. The second-order valence-corrected chi connectivity index (χ2v) is 11.6. The van der Waals surface area contributed by atoms with E-state index in [1.807, 2.05) is 43.5 Å². The summed E-state index contributed by atoms with van der Waals surface area (Å²) >= 11 is 6.49. The highest BCUT2D eigenvalue weighted by molar-refractivity contribution is 6.31. The molecule has 4 aliphatic heterocycles. The molecule has 9 nitrogen and oxygen atoms in total. The SMILES string of the molecule is Cc1cc(Cl)cc2c1NC(=O)[C@@]21N[C@H](Cc2c[nH]c3ccccc23)[C@H]2C(=O)N(Cc3ccc4c(c3)OCO4)C(=O)[C@H]21. The smallest absolute Gasteiger partial charge is 0.250 e. The highest BCUT2D eigenvalue weighted by Crippen LogP contribution is 2.54. The lowest BCUT2D eigenvalue weighted by Crippen LogP contribution is -2.53. The van der Waals surface area contributed by atoms with E-state index in [0.717, 1.165) is 27.6 Å². The fraction of sp³-hybridized carbons (Fsp3) is 0.258. The predicted octanol–water partition coefficient (Wildman–Crippen LogP) is 4.02. The maximum Gasteiger partial charge on any atom is 0.250 e. The molecule has 2 saturated heterocycles. The fourth-order valence-electron chi connectivity index (χ4n) is 7.18. The number of ether oxygens (including phenoxy) is 2. The van der Waals surface area contributed by atoms with Crippen LogP contribution in [-0.4, -0.2) is 40.4 Å². The summed E-state index contributed by atoms with van der Waals surface area (Å²) in [5, 5.41) is 8.02. The van der Waals surface area contributed by atoms with Gasteiger partial charge in [0.05, 0.1) is 18.4 Å². The standard InChI is InChI=1S/C31H25ClN4O5/c1-15-8-18(32)11-20-27(15)34-30(39)31(20)26-25(22(35-31)10-17-12-33-21-5-3-2-4-19(17)21)28(37)36(29(26)38)13-16-6-7-23-24(9-16)41-14-40-23/h2-9,11-12,22,25-26,33,35H,10,13-14H2,1H3,(H,34,39)/t22-,25-,26+,31-/m1/s1. The number of carbonyl (C=O) groups is 3. The van der Waals surface area contributed by atoms with Crippen LogP contribution >= 0.6 is 11.6 Å². The first-order valence-electron chi connectivity index (χ1n) is 13.5. The average Bonchev–Trinajstić information content (AvgIpc) is 3.75. The molecular weight excluding hydrogens is 544 g/mol. The van der Waals surface area contributed by atoms with Crippen LogP contribution in [0.3, 0.4) is 0 Å². The zero-order valence-electron chi connectivity index (χ0n) is 22.0. The van der Waals surface area contributed by atoms with E-state index >= 15 is 0 Å². The van der Waals surface area contributed by atoms with Crippen LogP contribution in [0.5, 0.6) is 11.5 Å². The molecule has 206 valence electrons. The van der Waals surface area contributed by atoms with Crippen molar-refractivity contribution in [2.24, 2.45) is 11.8 Å². The Balaban J connectivity index is 1.23. The quantitative estimate of drug-likeness (QED) is 0.321. The molecule has 0 saturated carbocycles. The van der Waals surface area contributed by atoms with Crippen LogP contribution in [0, 0.1) is 18.8 Å². The van der Waals surface area contributed by atoms with Crippen molar-refractivity contribution >= 4 is 45.9 Å². The third-order valence-corrected chi connectivity index (χ3v) is 9.19. The number of hydrogen-bond donors (Lipinski definition) is 3. The van der Waals surface area contributed by atoms with Crippen molar-refractivity contribution in [2.75, 3.05) is 12.1 Å². The lowest BCUT2D eigenvalue weighted by Gasteiger charge is -2.29. The van der Waals surface area contributed by atoms with Crippen molar-refractivity contribution in [3.63, 3.8) is 0 Å². The number of nitrogens with zero attached hydrogens (tertiary/aromatic N) is 1. The molecule has 4 atom stereocenters. The Morgan fingerprint density at radius 2 is 1.85 bits per heavy atom. The second-order valence-electron chi connectivity index (χ2n) is 11.2. The molecule has 1 spiro atoms. The number of aromatic amines is 1. The second kappa shape index (κ2) is 8.58. The third-order valence-electron chi connectivity index (χ3n) is 8.97. The lowest BCUT2D eigenvalue weighted by atomic mass is 9.76. The molecule has 2 fully saturated rings. The molecule has 1 aromatic heterocycles. The van der Waals surface area contributed by atoms with Crippen LogP contribution < -0.4 is 20.1 Å². The fourth-order valence-corrected chi connectivity index (χ4v) is 7.46. The van der Waals surface area contributed by atoms with Crippen LogP contribution in [0.2, 0.25) is 5.02 Å². The largest absolute Gasteiger partial charge is 0.454 e. The predicted molar refractivity (Wildman–Crippen MR) is 151 cm³/mol. The summed E-state index contributed by atoms with van der Waals surface area (Å²) in [7, 11) is 0. The van der Waals surface area contributed by atoms with Crippen LogP contribution in [0.25, 0.3) is 10.9 Å². The molecule has 3 N–H and O–H groups in total. The Bertz CT molecular complexity index is 1820. The highest BCUT2D eigenvalue weighted by Gasteiger charge is 2.70. The molecule has 0 aliphatic carbocycles. The van der Waals surface area contributed by atoms with Crippen molar-refractivity contribution in [3.05, 3.63) is 88.1 Å². The van der Waals surface area contributed by atoms with Crippen molar-refractivity contribution < 1.29 is 23.9 Å². The number of aromatic nitrogens is 1. The molecule has 0 bridgehead atoms. The zero-order chi connectivity index (χ0) is 28.0. The first-order chi connectivity index (χ1) is 19.8. The van der Waals surface area contributed by atoms with Gasteiger partial charge in [-0.25, -0.2) is 0 Å². The minimum absolute atomic E-state index is 0.0697. The summed E-state index contributed by atoms with van der Waals surface area (Å²) in [6.45, 7) is 2.07. The number of nitrogens with one attached hydrogen (secondary N) is 3. The first-order valence-corrected chi connectivity index (χ1v) is 13.9. The van der Waals surface area contributed by atoms with E-state index in [4.69, 9.17) is 21.1 Å². The number of carbonyl (C=O) groups excluding carboxylic acids is 3. The Kier molecular flexibility index (Phi) is 5.12. The van der Waals surface area contributed by atoms with Gasteiger partial charge in [0.25, 0.3) is 0 Å². The van der Waals surface area contributed by atoms with Gasteiger partial charge in [-0.2, -0.15) is 0 Å². The minimum Gasteiger partial charge on any atom is -0.454 e. The van der Waals surface area contributed by atoms with Gasteiger partial charge in [0, 0.05) is 39.4 Å². The summed E-state index contributed by atoms with van der Waals surface area (Å²) in [6, 6.07) is 16.4. The van der Waals surface area contributed by atoms with Gasteiger partial charge in [0.2, 0.25) is 24.5 Å². The molecule has 3 aromatic carbocycles. The molecule has 3 amide bonds. The number of rotatable bonds is 4. The van der Waals surface area contributed by atoms with Crippen molar-refractivity contribution in [2.45, 2.75) is 31.5 Å². The highest BCUT2D eigenvalue weighted by atomic mass is 35.5. The number of fused-ring (bicyclic) bond motifs is 6. The lowest BCUT2D eigenvalue weighted by molar-refractivity contribution is -0.143. The molecule has 4 aromatic rings. The zero-order valence-corrected chi connectivity index (χ0v) is 22.7. The molecule has 8 rings (SSSR count). The molecule has 0 radical (unpaired) electrons. The molecule has 0 unspecified atom stereocenters. The molecule has 10 heteroatoms. The van der Waals surface area contributed by atoms with Gasteiger partial charge in [-0.1, -0.05) is 35.9 Å². The number of halogens is 1. The van der Waals surface area contributed by atoms with E-state index in [0.29, 0.717) is 34.2 Å². The molecule has 41 heavy (non-hydrogen) atoms. The van der Waals surface area contributed by atoms with E-state index < -0.39 is 23.4 Å². The van der Waals surface area contributed by atoms with Crippen LogP contribution in [0.15, 0.2) is 60.8 Å². The Hall–Kier alpha value is -4.34. The van der Waals surface area contributed by atoms with Gasteiger partial charge in [-0.3, -0.25) is 24.6 Å². The number of anilines is 1. The minimum atomic E-state index is -1.43. The van der Waals surface area contributed by atoms with Crippen LogP contribution in [0.4, 0.5) is 5.69 Å². The number of H-pyrrole nitrogens is 1. The topological polar surface area (TPSA) is 113 Å². The monoisotopic (exact) mass is 568 g/mol. The summed E-state index contributed by atoms with van der Waals surface area (Å²) in [4.78, 5) is 47.0. The van der Waals surface area contributed by atoms with Gasteiger partial charge in [0.15, 0.2) is 11.5 Å². The maximum absolute atomic E-state index is 14.3. The van der Waals surface area contributed by atoms with Crippen LogP contribution in [0.1, 0.15) is 22.3 Å². The number of imide groups is 1. The summed E-state index contributed by atoms with van der Waals surface area (Å²) < 4.78 is 10.9. The summed E-state index contributed by atoms with van der Waals surface area (Å²) in [5.41, 5.74) is 3.33. The Morgan fingerprint density at radius 3 is 2.73 bits per heavy atom. The number of hydrogen-bond acceptors (Lipinski definition) is 6. The number of likely N-dealkylation sites (tertiary alicyclic amines) is 1. The normalized spacial score (nSPS) is 25.9. The molecule has 4 aliphatic rings. The van der Waals surface area contributed by atoms with Crippen molar-refractivity contribution in [1.29, 1.82) is 0 Å². The van der Waals surface area contributed by atoms with Crippen molar-refractivity contribution in [1.82, 2.24) is 15.2 Å². The molecular formula is C31H25ClN4O5. The van der Waals surface area contributed by atoms with Gasteiger partial charge >= 0.3 is 0 Å². The van der Waals surface area contributed by atoms with E-state index in [1.165, 1.54) is 4.90 Å².